The van der Waals surface area contributed by atoms with Crippen molar-refractivity contribution >= 4 is 5.78 Å². The minimum absolute atomic E-state index is 0.116. The maximum Gasteiger partial charge on any atom is 0.158 e. The molecule has 0 aliphatic rings. The molecule has 0 aliphatic carbocycles. The molecule has 0 radical (unpaired) electrons. The number of Topliss-reactive ketones (excluding diaryl/α,β-unsaturated/α-hetero) is 1. The van der Waals surface area contributed by atoms with Gasteiger partial charge in [-0.1, -0.05) is 71.4 Å². The molecule has 0 saturated carbocycles. The monoisotopic (exact) mass is 436 g/mol. The first kappa shape index (κ1) is 25.7. The zero-order valence-corrected chi connectivity index (χ0v) is 20.6. The van der Waals surface area contributed by atoms with Crippen LogP contribution in [0.25, 0.3) is 0 Å². The summed E-state index contributed by atoms with van der Waals surface area (Å²) in [7, 11) is 0. The SMILES string of the molecule is C=C(C)C(=O)CCC(C)COc1ccc(C(C)(C)c2ccc(OCCCCC)cc2)cc1. The molecule has 2 rings (SSSR count). The van der Waals surface area contributed by atoms with Crippen LogP contribution in [0, 0.1) is 5.92 Å². The quantitative estimate of drug-likeness (QED) is 0.227. The van der Waals surface area contributed by atoms with Crippen molar-refractivity contribution in [2.75, 3.05) is 13.2 Å². The summed E-state index contributed by atoms with van der Waals surface area (Å²) in [5.41, 5.74) is 3.00. The van der Waals surface area contributed by atoms with Gasteiger partial charge in [-0.3, -0.25) is 4.79 Å². The predicted octanol–water partition coefficient (Wildman–Crippen LogP) is 7.52. The molecule has 0 aromatic heterocycles. The Morgan fingerprint density at radius 3 is 1.97 bits per heavy atom. The number of ether oxygens (including phenoxy) is 2. The van der Waals surface area contributed by atoms with Crippen LogP contribution in [0.2, 0.25) is 0 Å². The van der Waals surface area contributed by atoms with E-state index in [4.69, 9.17) is 9.47 Å². The molecule has 174 valence electrons. The van der Waals surface area contributed by atoms with E-state index in [0.29, 0.717) is 24.5 Å². The molecule has 2 aromatic carbocycles. The lowest BCUT2D eigenvalue weighted by Gasteiger charge is -2.26. The first-order valence-electron chi connectivity index (χ1n) is 11.9. The van der Waals surface area contributed by atoms with Crippen LogP contribution < -0.4 is 9.47 Å². The number of benzene rings is 2. The van der Waals surface area contributed by atoms with Crippen molar-refractivity contribution in [3.8, 4) is 11.5 Å². The van der Waals surface area contributed by atoms with Gasteiger partial charge in [0.15, 0.2) is 5.78 Å². The Morgan fingerprint density at radius 2 is 1.47 bits per heavy atom. The Bertz CT molecular complexity index is 847. The zero-order valence-electron chi connectivity index (χ0n) is 20.6. The van der Waals surface area contributed by atoms with Crippen molar-refractivity contribution in [1.29, 1.82) is 0 Å². The first-order valence-corrected chi connectivity index (χ1v) is 11.9. The van der Waals surface area contributed by atoms with E-state index in [9.17, 15) is 4.79 Å². The topological polar surface area (TPSA) is 35.5 Å². The van der Waals surface area contributed by atoms with Crippen LogP contribution >= 0.6 is 0 Å². The van der Waals surface area contributed by atoms with Crippen molar-refractivity contribution in [3.05, 3.63) is 71.8 Å². The largest absolute Gasteiger partial charge is 0.494 e. The standard InChI is InChI=1S/C29H40O3/c1-7-8-9-20-31-26-15-11-24(12-16-26)29(5,6)25-13-17-27(18-14-25)32-21-23(4)10-19-28(30)22(2)3/h11-18,23H,2,7-10,19-21H2,1,3-6H3. The Labute approximate surface area is 194 Å². The molecule has 32 heavy (non-hydrogen) atoms. The van der Waals surface area contributed by atoms with Crippen molar-refractivity contribution in [2.24, 2.45) is 5.92 Å². The van der Waals surface area contributed by atoms with Crippen LogP contribution in [-0.4, -0.2) is 19.0 Å². The summed E-state index contributed by atoms with van der Waals surface area (Å²) in [6, 6.07) is 16.8. The normalized spacial score (nSPS) is 12.3. The predicted molar refractivity (Wildman–Crippen MR) is 134 cm³/mol. The molecule has 0 saturated heterocycles. The van der Waals surface area contributed by atoms with Gasteiger partial charge in [-0.2, -0.15) is 0 Å². The zero-order chi connectivity index (χ0) is 23.6. The van der Waals surface area contributed by atoms with Gasteiger partial charge < -0.3 is 9.47 Å². The molecule has 0 fully saturated rings. The minimum atomic E-state index is -0.116. The number of allylic oxidation sites excluding steroid dienone is 1. The van der Waals surface area contributed by atoms with Crippen LogP contribution in [0.3, 0.4) is 0 Å². The molecular formula is C29H40O3. The van der Waals surface area contributed by atoms with E-state index in [-0.39, 0.29) is 11.2 Å². The lowest BCUT2D eigenvalue weighted by atomic mass is 9.78. The second kappa shape index (κ2) is 12.5. The van der Waals surface area contributed by atoms with E-state index in [0.717, 1.165) is 30.9 Å². The second-order valence-corrected chi connectivity index (χ2v) is 9.39. The van der Waals surface area contributed by atoms with Gasteiger partial charge in [0.2, 0.25) is 0 Å². The number of unbranched alkanes of at least 4 members (excludes halogenated alkanes) is 2. The summed E-state index contributed by atoms with van der Waals surface area (Å²) >= 11 is 0. The molecular weight excluding hydrogens is 396 g/mol. The van der Waals surface area contributed by atoms with E-state index in [1.54, 1.807) is 6.92 Å². The van der Waals surface area contributed by atoms with Crippen LogP contribution in [0.1, 0.15) is 77.8 Å². The van der Waals surface area contributed by atoms with Crippen LogP contribution in [-0.2, 0) is 10.2 Å². The van der Waals surface area contributed by atoms with Gasteiger partial charge in [-0.15, -0.1) is 0 Å². The Balaban J connectivity index is 1.90. The van der Waals surface area contributed by atoms with Gasteiger partial charge in [0.05, 0.1) is 13.2 Å². The van der Waals surface area contributed by atoms with E-state index >= 15 is 0 Å². The van der Waals surface area contributed by atoms with Gasteiger partial charge in [0.1, 0.15) is 11.5 Å². The Hall–Kier alpha value is -2.55. The smallest absolute Gasteiger partial charge is 0.158 e. The Kier molecular flexibility index (Phi) is 10.0. The summed E-state index contributed by atoms with van der Waals surface area (Å²) in [6.45, 7) is 15.6. The summed E-state index contributed by atoms with van der Waals surface area (Å²) in [5, 5.41) is 0. The molecule has 3 heteroatoms. The number of ketones is 1. The van der Waals surface area contributed by atoms with Crippen LogP contribution in [0.5, 0.6) is 11.5 Å². The lowest BCUT2D eigenvalue weighted by molar-refractivity contribution is -0.115. The van der Waals surface area contributed by atoms with Gasteiger partial charge in [0, 0.05) is 11.8 Å². The average molecular weight is 437 g/mol. The lowest BCUT2D eigenvalue weighted by Crippen LogP contribution is -2.18. The molecule has 0 bridgehead atoms. The molecule has 1 unspecified atom stereocenters. The van der Waals surface area contributed by atoms with Crippen LogP contribution in [0.15, 0.2) is 60.7 Å². The molecule has 0 N–H and O–H groups in total. The third-order valence-corrected chi connectivity index (χ3v) is 6.04. The van der Waals surface area contributed by atoms with Gasteiger partial charge in [-0.25, -0.2) is 0 Å². The van der Waals surface area contributed by atoms with Gasteiger partial charge in [0.25, 0.3) is 0 Å². The molecule has 0 spiro atoms. The maximum absolute atomic E-state index is 11.7. The molecule has 1 atom stereocenters. The molecule has 0 aliphatic heterocycles. The third kappa shape index (κ3) is 7.85. The molecule has 0 amide bonds. The maximum atomic E-state index is 11.7. The van der Waals surface area contributed by atoms with E-state index in [1.165, 1.54) is 24.0 Å². The fraction of sp³-hybridized carbons (Fsp3) is 0.483. The van der Waals surface area contributed by atoms with E-state index in [2.05, 4.69) is 70.7 Å². The van der Waals surface area contributed by atoms with E-state index in [1.807, 2.05) is 12.1 Å². The van der Waals surface area contributed by atoms with Gasteiger partial charge in [-0.05, 0) is 66.6 Å². The number of carbonyl (C=O) groups is 1. The van der Waals surface area contributed by atoms with Crippen molar-refractivity contribution in [3.63, 3.8) is 0 Å². The third-order valence-electron chi connectivity index (χ3n) is 6.04. The number of rotatable bonds is 14. The van der Waals surface area contributed by atoms with Gasteiger partial charge >= 0.3 is 0 Å². The molecule has 3 nitrogen and oxygen atoms in total. The number of hydrogen-bond acceptors (Lipinski definition) is 3. The second-order valence-electron chi connectivity index (χ2n) is 9.39. The fourth-order valence-electron chi connectivity index (χ4n) is 3.56. The first-order chi connectivity index (χ1) is 15.2. The van der Waals surface area contributed by atoms with Crippen molar-refractivity contribution in [2.45, 2.75) is 72.1 Å². The van der Waals surface area contributed by atoms with Crippen molar-refractivity contribution in [1.82, 2.24) is 0 Å². The summed E-state index contributed by atoms with van der Waals surface area (Å²) in [4.78, 5) is 11.7. The highest BCUT2D eigenvalue weighted by molar-refractivity contribution is 5.94. The van der Waals surface area contributed by atoms with Crippen molar-refractivity contribution < 1.29 is 14.3 Å². The molecule has 2 aromatic rings. The Morgan fingerprint density at radius 1 is 0.938 bits per heavy atom. The van der Waals surface area contributed by atoms with E-state index < -0.39 is 0 Å². The summed E-state index contributed by atoms with van der Waals surface area (Å²) in [6.07, 6.45) is 4.86. The highest BCUT2D eigenvalue weighted by atomic mass is 16.5. The highest BCUT2D eigenvalue weighted by Gasteiger charge is 2.23. The number of carbonyl (C=O) groups excluding carboxylic acids is 1. The minimum Gasteiger partial charge on any atom is -0.494 e. The summed E-state index contributed by atoms with van der Waals surface area (Å²) < 4.78 is 11.8. The number of hydrogen-bond donors (Lipinski definition) is 0. The molecule has 0 heterocycles. The highest BCUT2D eigenvalue weighted by Crippen LogP contribution is 2.33. The fourth-order valence-corrected chi connectivity index (χ4v) is 3.56. The van der Waals surface area contributed by atoms with Crippen LogP contribution in [0.4, 0.5) is 0 Å². The summed E-state index contributed by atoms with van der Waals surface area (Å²) in [5.74, 6) is 2.25. The average Bonchev–Trinajstić information content (AvgIpc) is 2.79.